The lowest BCUT2D eigenvalue weighted by Crippen LogP contribution is -2.41. The molecule has 2 aromatic rings. The topological polar surface area (TPSA) is 29.5 Å². The van der Waals surface area contributed by atoms with Gasteiger partial charge in [0.15, 0.2) is 0 Å². The van der Waals surface area contributed by atoms with Crippen molar-refractivity contribution >= 4 is 5.91 Å². The van der Waals surface area contributed by atoms with E-state index in [1.165, 1.54) is 11.1 Å². The van der Waals surface area contributed by atoms with Gasteiger partial charge in [0, 0.05) is 18.7 Å². The van der Waals surface area contributed by atoms with Gasteiger partial charge in [-0.2, -0.15) is 0 Å². The molecule has 0 radical (unpaired) electrons. The molecule has 126 valence electrons. The quantitative estimate of drug-likeness (QED) is 0.847. The first-order valence-electron chi connectivity index (χ1n) is 8.66. The Morgan fingerprint density at radius 1 is 1.04 bits per heavy atom. The molecule has 0 saturated carbocycles. The lowest BCUT2D eigenvalue weighted by molar-refractivity contribution is -0.000395. The maximum Gasteiger partial charge on any atom is 0.254 e. The summed E-state index contributed by atoms with van der Waals surface area (Å²) in [7, 11) is 0. The second kappa shape index (κ2) is 7.63. The third-order valence-electron chi connectivity index (χ3n) is 4.89. The fraction of sp³-hybridized carbons (Fsp3) is 0.381. The first-order chi connectivity index (χ1) is 11.6. The summed E-state index contributed by atoms with van der Waals surface area (Å²) in [6.07, 6.45) is 2.06. The molecule has 1 saturated heterocycles. The number of likely N-dealkylation sites (tertiary alicyclic amines) is 1. The smallest absolute Gasteiger partial charge is 0.254 e. The maximum atomic E-state index is 12.7. The Labute approximate surface area is 144 Å². The molecule has 1 heterocycles. The van der Waals surface area contributed by atoms with Crippen molar-refractivity contribution in [2.75, 3.05) is 13.1 Å². The van der Waals surface area contributed by atoms with Crippen molar-refractivity contribution in [2.45, 2.75) is 39.4 Å². The van der Waals surface area contributed by atoms with Crippen LogP contribution >= 0.6 is 0 Å². The Hall–Kier alpha value is -2.13. The Balaban J connectivity index is 1.53. The van der Waals surface area contributed by atoms with E-state index in [2.05, 4.69) is 25.1 Å². The maximum absolute atomic E-state index is 12.7. The predicted octanol–water partition coefficient (Wildman–Crippen LogP) is 4.12. The van der Waals surface area contributed by atoms with Gasteiger partial charge in [0.2, 0.25) is 0 Å². The molecule has 0 bridgehead atoms. The summed E-state index contributed by atoms with van der Waals surface area (Å²) in [4.78, 5) is 14.7. The largest absolute Gasteiger partial charge is 0.373 e. The minimum absolute atomic E-state index is 0.151. The summed E-state index contributed by atoms with van der Waals surface area (Å²) >= 11 is 0. The number of amides is 1. The average molecular weight is 323 g/mol. The van der Waals surface area contributed by atoms with Gasteiger partial charge in [0.25, 0.3) is 5.91 Å². The highest BCUT2D eigenvalue weighted by atomic mass is 16.5. The summed E-state index contributed by atoms with van der Waals surface area (Å²) in [6, 6.07) is 16.2. The van der Waals surface area contributed by atoms with Gasteiger partial charge in [-0.1, -0.05) is 42.5 Å². The fourth-order valence-corrected chi connectivity index (χ4v) is 3.17. The number of benzene rings is 2. The van der Waals surface area contributed by atoms with Crippen molar-refractivity contribution in [3.05, 3.63) is 70.8 Å². The third-order valence-corrected chi connectivity index (χ3v) is 4.89. The molecule has 1 amide bonds. The van der Waals surface area contributed by atoms with E-state index in [1.54, 1.807) is 0 Å². The van der Waals surface area contributed by atoms with Crippen molar-refractivity contribution < 1.29 is 9.53 Å². The number of aryl methyl sites for hydroxylation is 1. The number of carbonyl (C=O) groups is 1. The molecule has 3 heteroatoms. The van der Waals surface area contributed by atoms with Crippen LogP contribution in [0, 0.1) is 13.8 Å². The molecule has 1 aliphatic heterocycles. The molecule has 0 atom stereocenters. The molecular formula is C21H25NO2. The van der Waals surface area contributed by atoms with Crippen LogP contribution in [-0.4, -0.2) is 30.0 Å². The predicted molar refractivity (Wildman–Crippen MR) is 96.1 cm³/mol. The number of rotatable bonds is 4. The van der Waals surface area contributed by atoms with E-state index in [0.29, 0.717) is 6.61 Å². The van der Waals surface area contributed by atoms with Crippen molar-refractivity contribution in [3.63, 3.8) is 0 Å². The lowest BCUT2D eigenvalue weighted by Gasteiger charge is -2.32. The lowest BCUT2D eigenvalue weighted by atomic mass is 10.0. The molecule has 1 fully saturated rings. The van der Waals surface area contributed by atoms with Crippen molar-refractivity contribution in [2.24, 2.45) is 0 Å². The monoisotopic (exact) mass is 323 g/mol. The molecule has 0 unspecified atom stereocenters. The minimum Gasteiger partial charge on any atom is -0.373 e. The second-order valence-corrected chi connectivity index (χ2v) is 6.54. The number of piperidine rings is 1. The van der Waals surface area contributed by atoms with Gasteiger partial charge in [0.1, 0.15) is 0 Å². The number of hydrogen-bond donors (Lipinski definition) is 0. The van der Waals surface area contributed by atoms with Crippen LogP contribution in [0.4, 0.5) is 0 Å². The molecular weight excluding hydrogens is 298 g/mol. The third kappa shape index (κ3) is 3.85. The van der Waals surface area contributed by atoms with Crippen LogP contribution in [0.1, 0.15) is 39.9 Å². The normalized spacial score (nSPS) is 15.5. The molecule has 24 heavy (non-hydrogen) atoms. The summed E-state index contributed by atoms with van der Waals surface area (Å²) in [6.45, 7) is 6.27. The minimum atomic E-state index is 0.151. The van der Waals surface area contributed by atoms with Crippen LogP contribution in [0.25, 0.3) is 0 Å². The van der Waals surface area contributed by atoms with Crippen LogP contribution in [0.2, 0.25) is 0 Å². The van der Waals surface area contributed by atoms with Gasteiger partial charge in [0.05, 0.1) is 12.7 Å². The molecule has 0 aromatic heterocycles. The summed E-state index contributed by atoms with van der Waals surface area (Å²) in [5, 5.41) is 0. The highest BCUT2D eigenvalue weighted by molar-refractivity contribution is 5.96. The van der Waals surface area contributed by atoms with E-state index in [4.69, 9.17) is 4.74 Å². The van der Waals surface area contributed by atoms with Crippen LogP contribution in [-0.2, 0) is 11.3 Å². The van der Waals surface area contributed by atoms with Crippen molar-refractivity contribution in [3.8, 4) is 0 Å². The van der Waals surface area contributed by atoms with Gasteiger partial charge in [-0.05, 0) is 49.4 Å². The SMILES string of the molecule is Cc1cccc(C(=O)N2CCC(OCc3ccccc3)CC2)c1C. The van der Waals surface area contributed by atoms with E-state index in [0.717, 1.165) is 37.1 Å². The fourth-order valence-electron chi connectivity index (χ4n) is 3.17. The summed E-state index contributed by atoms with van der Waals surface area (Å²) in [5.74, 6) is 0.151. The average Bonchev–Trinajstić information content (AvgIpc) is 2.63. The highest BCUT2D eigenvalue weighted by Gasteiger charge is 2.25. The van der Waals surface area contributed by atoms with Crippen LogP contribution in [0.15, 0.2) is 48.5 Å². The Morgan fingerprint density at radius 3 is 2.46 bits per heavy atom. The van der Waals surface area contributed by atoms with E-state index in [1.807, 2.05) is 42.2 Å². The Kier molecular flexibility index (Phi) is 5.31. The van der Waals surface area contributed by atoms with Crippen molar-refractivity contribution in [1.29, 1.82) is 0 Å². The first-order valence-corrected chi connectivity index (χ1v) is 8.66. The molecule has 0 spiro atoms. The van der Waals surface area contributed by atoms with Gasteiger partial charge in [-0.25, -0.2) is 0 Å². The zero-order chi connectivity index (χ0) is 16.9. The van der Waals surface area contributed by atoms with Crippen molar-refractivity contribution in [1.82, 2.24) is 4.90 Å². The molecule has 0 aliphatic carbocycles. The van der Waals surface area contributed by atoms with Crippen LogP contribution in [0.3, 0.4) is 0 Å². The van der Waals surface area contributed by atoms with Crippen LogP contribution in [0.5, 0.6) is 0 Å². The number of nitrogens with zero attached hydrogens (tertiary/aromatic N) is 1. The Bertz CT molecular complexity index is 688. The zero-order valence-electron chi connectivity index (χ0n) is 14.5. The molecule has 2 aromatic carbocycles. The second-order valence-electron chi connectivity index (χ2n) is 6.54. The molecule has 3 rings (SSSR count). The standard InChI is InChI=1S/C21H25NO2/c1-16-7-6-10-20(17(16)2)21(23)22-13-11-19(12-14-22)24-15-18-8-4-3-5-9-18/h3-10,19H,11-15H2,1-2H3. The summed E-state index contributed by atoms with van der Waals surface area (Å²) < 4.78 is 6.01. The van der Waals surface area contributed by atoms with E-state index >= 15 is 0 Å². The molecule has 3 nitrogen and oxygen atoms in total. The van der Waals surface area contributed by atoms with E-state index < -0.39 is 0 Å². The van der Waals surface area contributed by atoms with Gasteiger partial charge < -0.3 is 9.64 Å². The summed E-state index contributed by atoms with van der Waals surface area (Å²) in [5.41, 5.74) is 4.29. The highest BCUT2D eigenvalue weighted by Crippen LogP contribution is 2.20. The van der Waals surface area contributed by atoms with Gasteiger partial charge in [-0.15, -0.1) is 0 Å². The van der Waals surface area contributed by atoms with Gasteiger partial charge >= 0.3 is 0 Å². The van der Waals surface area contributed by atoms with E-state index in [9.17, 15) is 4.79 Å². The number of ether oxygens (including phenoxy) is 1. The molecule has 0 N–H and O–H groups in total. The Morgan fingerprint density at radius 2 is 1.75 bits per heavy atom. The molecule has 1 aliphatic rings. The van der Waals surface area contributed by atoms with Crippen LogP contribution < -0.4 is 0 Å². The van der Waals surface area contributed by atoms with E-state index in [-0.39, 0.29) is 12.0 Å². The first kappa shape index (κ1) is 16.7. The zero-order valence-corrected chi connectivity index (χ0v) is 14.5. The number of hydrogen-bond acceptors (Lipinski definition) is 2. The van der Waals surface area contributed by atoms with Gasteiger partial charge in [-0.3, -0.25) is 4.79 Å². The number of carbonyl (C=O) groups excluding carboxylic acids is 1.